The zero-order chi connectivity index (χ0) is 21.2. The molecule has 0 saturated heterocycles. The predicted octanol–water partition coefficient (Wildman–Crippen LogP) is 5.47. The van der Waals surface area contributed by atoms with Crippen LogP contribution in [0.2, 0.25) is 10.0 Å². The van der Waals surface area contributed by atoms with E-state index in [1.807, 2.05) is 42.7 Å². The first-order chi connectivity index (χ1) is 15.1. The molecule has 0 N–H and O–H groups in total. The second kappa shape index (κ2) is 8.71. The lowest BCUT2D eigenvalue weighted by Gasteiger charge is -2.28. The monoisotopic (exact) mass is 447 g/mol. The van der Waals surface area contributed by atoms with E-state index >= 15 is 0 Å². The van der Waals surface area contributed by atoms with Crippen molar-refractivity contribution < 1.29 is 0 Å². The van der Waals surface area contributed by atoms with Gasteiger partial charge in [-0.25, -0.2) is 9.97 Å². The van der Waals surface area contributed by atoms with Crippen LogP contribution >= 0.6 is 23.2 Å². The summed E-state index contributed by atoms with van der Waals surface area (Å²) >= 11 is 12.2. The molecule has 0 amide bonds. The molecular weight excluding hydrogens is 429 g/mol. The standard InChI is InChI=1S/C24H19Cl2N5/c25-20-9-18(10-21(26)11-20)22-2-1-16(12-28-22)14-31-8-5-23-19(15-31)13-29-24(30-23)17-3-6-27-7-4-17/h1-4,6-7,9-13H,5,8,14-15H2. The van der Waals surface area contributed by atoms with Crippen LogP contribution in [0, 0.1) is 0 Å². The van der Waals surface area contributed by atoms with E-state index in [1.54, 1.807) is 18.5 Å². The lowest BCUT2D eigenvalue weighted by Crippen LogP contribution is -2.31. The normalized spacial score (nSPS) is 13.7. The second-order valence-electron chi connectivity index (χ2n) is 7.57. The van der Waals surface area contributed by atoms with Crippen molar-refractivity contribution in [2.45, 2.75) is 19.5 Å². The van der Waals surface area contributed by atoms with Crippen molar-refractivity contribution >= 4 is 23.2 Å². The van der Waals surface area contributed by atoms with Gasteiger partial charge in [0.1, 0.15) is 0 Å². The van der Waals surface area contributed by atoms with Gasteiger partial charge >= 0.3 is 0 Å². The van der Waals surface area contributed by atoms with Crippen molar-refractivity contribution in [1.82, 2.24) is 24.8 Å². The number of pyridine rings is 2. The van der Waals surface area contributed by atoms with Gasteiger partial charge in [0.15, 0.2) is 5.82 Å². The first-order valence-electron chi connectivity index (χ1n) is 10.0. The predicted molar refractivity (Wildman–Crippen MR) is 123 cm³/mol. The summed E-state index contributed by atoms with van der Waals surface area (Å²) in [6, 6.07) is 13.5. The average Bonchev–Trinajstić information content (AvgIpc) is 2.79. The molecule has 3 aromatic heterocycles. The number of nitrogens with zero attached hydrogens (tertiary/aromatic N) is 5. The minimum atomic E-state index is 0.606. The van der Waals surface area contributed by atoms with Crippen LogP contribution in [0.3, 0.4) is 0 Å². The zero-order valence-corrected chi connectivity index (χ0v) is 18.2. The fourth-order valence-electron chi connectivity index (χ4n) is 3.80. The molecule has 4 aromatic rings. The molecule has 0 saturated carbocycles. The molecule has 4 heterocycles. The minimum Gasteiger partial charge on any atom is -0.294 e. The summed E-state index contributed by atoms with van der Waals surface area (Å²) in [6.07, 6.45) is 8.31. The Morgan fingerprint density at radius 2 is 1.68 bits per heavy atom. The maximum Gasteiger partial charge on any atom is 0.159 e. The number of aromatic nitrogens is 4. The van der Waals surface area contributed by atoms with Crippen molar-refractivity contribution in [3.05, 3.63) is 94.1 Å². The number of halogens is 2. The summed E-state index contributed by atoms with van der Waals surface area (Å²) in [4.78, 5) is 20.4. The van der Waals surface area contributed by atoms with Crippen molar-refractivity contribution in [3.8, 4) is 22.6 Å². The van der Waals surface area contributed by atoms with E-state index in [1.165, 1.54) is 5.56 Å². The molecule has 31 heavy (non-hydrogen) atoms. The highest BCUT2D eigenvalue weighted by molar-refractivity contribution is 6.35. The van der Waals surface area contributed by atoms with E-state index in [4.69, 9.17) is 28.2 Å². The van der Waals surface area contributed by atoms with E-state index in [0.717, 1.165) is 60.0 Å². The first-order valence-corrected chi connectivity index (χ1v) is 10.8. The Hall–Kier alpha value is -2.86. The molecule has 0 unspecified atom stereocenters. The molecular formula is C24H19Cl2N5. The quantitative estimate of drug-likeness (QED) is 0.415. The third-order valence-electron chi connectivity index (χ3n) is 5.34. The maximum atomic E-state index is 6.11. The van der Waals surface area contributed by atoms with E-state index in [0.29, 0.717) is 10.0 Å². The van der Waals surface area contributed by atoms with Gasteiger partial charge in [0, 0.05) is 77.6 Å². The van der Waals surface area contributed by atoms with Gasteiger partial charge in [0.25, 0.3) is 0 Å². The molecule has 1 aromatic carbocycles. The molecule has 0 atom stereocenters. The lowest BCUT2D eigenvalue weighted by molar-refractivity contribution is 0.242. The summed E-state index contributed by atoms with van der Waals surface area (Å²) in [5.41, 5.74) is 6.24. The molecule has 5 nitrogen and oxygen atoms in total. The van der Waals surface area contributed by atoms with Crippen LogP contribution in [0.4, 0.5) is 0 Å². The second-order valence-corrected chi connectivity index (χ2v) is 8.44. The van der Waals surface area contributed by atoms with Gasteiger partial charge in [-0.15, -0.1) is 0 Å². The molecule has 0 spiro atoms. The topological polar surface area (TPSA) is 54.8 Å². The SMILES string of the molecule is Clc1cc(Cl)cc(-c2ccc(CN3CCc4nc(-c5ccncc5)ncc4C3)cn2)c1. The van der Waals surface area contributed by atoms with E-state index in [2.05, 4.69) is 25.9 Å². The summed E-state index contributed by atoms with van der Waals surface area (Å²) in [5.74, 6) is 0.760. The van der Waals surface area contributed by atoms with Crippen LogP contribution < -0.4 is 0 Å². The third-order valence-corrected chi connectivity index (χ3v) is 5.78. The Morgan fingerprint density at radius 1 is 0.871 bits per heavy atom. The third kappa shape index (κ3) is 4.59. The van der Waals surface area contributed by atoms with Gasteiger partial charge in [0.05, 0.1) is 11.4 Å². The fraction of sp³-hybridized carbons (Fsp3) is 0.167. The Labute approximate surface area is 190 Å². The number of benzene rings is 1. The Balaban J connectivity index is 1.28. The smallest absolute Gasteiger partial charge is 0.159 e. The van der Waals surface area contributed by atoms with Crippen LogP contribution in [0.15, 0.2) is 67.3 Å². The highest BCUT2D eigenvalue weighted by Crippen LogP contribution is 2.27. The van der Waals surface area contributed by atoms with Gasteiger partial charge in [-0.1, -0.05) is 29.3 Å². The molecule has 0 bridgehead atoms. The molecule has 5 rings (SSSR count). The molecule has 0 radical (unpaired) electrons. The van der Waals surface area contributed by atoms with Crippen LogP contribution in [-0.4, -0.2) is 31.4 Å². The van der Waals surface area contributed by atoms with Gasteiger partial charge < -0.3 is 0 Å². The summed E-state index contributed by atoms with van der Waals surface area (Å²) in [7, 11) is 0. The van der Waals surface area contributed by atoms with Crippen LogP contribution in [0.1, 0.15) is 16.8 Å². The van der Waals surface area contributed by atoms with Crippen molar-refractivity contribution in [2.24, 2.45) is 0 Å². The fourth-order valence-corrected chi connectivity index (χ4v) is 4.32. The average molecular weight is 448 g/mol. The highest BCUT2D eigenvalue weighted by atomic mass is 35.5. The molecule has 0 fully saturated rings. The maximum absolute atomic E-state index is 6.11. The van der Waals surface area contributed by atoms with Crippen LogP contribution in [0.25, 0.3) is 22.6 Å². The van der Waals surface area contributed by atoms with E-state index in [9.17, 15) is 0 Å². The van der Waals surface area contributed by atoms with Gasteiger partial charge in [-0.3, -0.25) is 14.9 Å². The largest absolute Gasteiger partial charge is 0.294 e. The minimum absolute atomic E-state index is 0.606. The van der Waals surface area contributed by atoms with Crippen molar-refractivity contribution in [3.63, 3.8) is 0 Å². The molecule has 7 heteroatoms. The Morgan fingerprint density at radius 3 is 2.42 bits per heavy atom. The van der Waals surface area contributed by atoms with Gasteiger partial charge in [0.2, 0.25) is 0 Å². The molecule has 1 aliphatic rings. The summed E-state index contributed by atoms with van der Waals surface area (Å²) < 4.78 is 0. The Bertz CT molecular complexity index is 1190. The van der Waals surface area contributed by atoms with E-state index in [-0.39, 0.29) is 0 Å². The van der Waals surface area contributed by atoms with Crippen molar-refractivity contribution in [2.75, 3.05) is 6.54 Å². The number of rotatable bonds is 4. The van der Waals surface area contributed by atoms with Crippen LogP contribution in [0.5, 0.6) is 0 Å². The van der Waals surface area contributed by atoms with Crippen molar-refractivity contribution in [1.29, 1.82) is 0 Å². The van der Waals surface area contributed by atoms with Gasteiger partial charge in [-0.2, -0.15) is 0 Å². The molecule has 1 aliphatic heterocycles. The molecule has 154 valence electrons. The highest BCUT2D eigenvalue weighted by Gasteiger charge is 2.19. The zero-order valence-electron chi connectivity index (χ0n) is 16.7. The number of hydrogen-bond acceptors (Lipinski definition) is 5. The number of fused-ring (bicyclic) bond motifs is 1. The summed E-state index contributed by atoms with van der Waals surface area (Å²) in [5, 5.41) is 1.21. The molecule has 0 aliphatic carbocycles. The van der Waals surface area contributed by atoms with Crippen LogP contribution in [-0.2, 0) is 19.5 Å². The number of hydrogen-bond donors (Lipinski definition) is 0. The summed E-state index contributed by atoms with van der Waals surface area (Å²) in [6.45, 7) is 2.61. The van der Waals surface area contributed by atoms with Gasteiger partial charge in [-0.05, 0) is 42.0 Å². The van der Waals surface area contributed by atoms with E-state index < -0.39 is 0 Å². The lowest BCUT2D eigenvalue weighted by atomic mass is 10.1. The first kappa shape index (κ1) is 20.1. The Kier molecular flexibility index (Phi) is 5.64.